The van der Waals surface area contributed by atoms with Crippen LogP contribution >= 0.6 is 0 Å². The lowest BCUT2D eigenvalue weighted by Gasteiger charge is -2.32. The van der Waals surface area contributed by atoms with E-state index in [1.165, 1.54) is 11.3 Å². The van der Waals surface area contributed by atoms with E-state index in [9.17, 15) is 5.11 Å². The van der Waals surface area contributed by atoms with Crippen LogP contribution in [0.2, 0.25) is 0 Å². The second kappa shape index (κ2) is 8.28. The average Bonchev–Trinajstić information content (AvgIpc) is 2.46. The standard InChI is InChI=1S/C17H30N2O/c1-5-11-18-17(4,14-20)10-12-19(6-2)16-9-7-8-15(3)13-16/h7-9,13,18,20H,5-6,10-12,14H2,1-4H3. The maximum atomic E-state index is 9.63. The van der Waals surface area contributed by atoms with Crippen LogP contribution in [0.4, 0.5) is 5.69 Å². The minimum Gasteiger partial charge on any atom is -0.394 e. The Morgan fingerprint density at radius 2 is 2.05 bits per heavy atom. The van der Waals surface area contributed by atoms with Crippen LogP contribution in [0, 0.1) is 6.92 Å². The van der Waals surface area contributed by atoms with Crippen LogP contribution in [0.15, 0.2) is 24.3 Å². The third-order valence-electron chi connectivity index (χ3n) is 3.83. The summed E-state index contributed by atoms with van der Waals surface area (Å²) in [5.41, 5.74) is 2.37. The Bertz CT molecular complexity index is 394. The smallest absolute Gasteiger partial charge is 0.0611 e. The maximum absolute atomic E-state index is 9.63. The number of nitrogens with one attached hydrogen (secondary N) is 1. The molecule has 3 nitrogen and oxygen atoms in total. The number of rotatable bonds is 9. The zero-order valence-corrected chi connectivity index (χ0v) is 13.4. The molecule has 0 amide bonds. The third kappa shape index (κ3) is 5.14. The Morgan fingerprint density at radius 1 is 1.30 bits per heavy atom. The minimum absolute atomic E-state index is 0.179. The van der Waals surface area contributed by atoms with Gasteiger partial charge in [-0.3, -0.25) is 0 Å². The molecule has 1 unspecified atom stereocenters. The predicted molar refractivity (Wildman–Crippen MR) is 87.5 cm³/mol. The van der Waals surface area contributed by atoms with Gasteiger partial charge in [-0.2, -0.15) is 0 Å². The number of aryl methyl sites for hydroxylation is 1. The van der Waals surface area contributed by atoms with Crippen molar-refractivity contribution in [3.8, 4) is 0 Å². The Kier molecular flexibility index (Phi) is 7.03. The van der Waals surface area contributed by atoms with E-state index in [2.05, 4.69) is 62.2 Å². The molecule has 2 N–H and O–H groups in total. The summed E-state index contributed by atoms with van der Waals surface area (Å²) in [5, 5.41) is 13.1. The molecule has 0 radical (unpaired) electrons. The van der Waals surface area contributed by atoms with Gasteiger partial charge in [-0.05, 0) is 57.9 Å². The van der Waals surface area contributed by atoms with Gasteiger partial charge in [0, 0.05) is 24.3 Å². The van der Waals surface area contributed by atoms with Gasteiger partial charge >= 0.3 is 0 Å². The SMILES string of the molecule is CCCNC(C)(CO)CCN(CC)c1cccc(C)c1. The van der Waals surface area contributed by atoms with E-state index >= 15 is 0 Å². The Balaban J connectivity index is 2.64. The van der Waals surface area contributed by atoms with Crippen molar-refractivity contribution in [3.63, 3.8) is 0 Å². The second-order valence-electron chi connectivity index (χ2n) is 5.81. The van der Waals surface area contributed by atoms with E-state index in [-0.39, 0.29) is 12.1 Å². The average molecular weight is 278 g/mol. The first-order valence-corrected chi connectivity index (χ1v) is 7.72. The lowest BCUT2D eigenvalue weighted by molar-refractivity contribution is 0.167. The first-order valence-electron chi connectivity index (χ1n) is 7.72. The number of hydrogen-bond donors (Lipinski definition) is 2. The third-order valence-corrected chi connectivity index (χ3v) is 3.83. The molecular formula is C17H30N2O. The second-order valence-corrected chi connectivity index (χ2v) is 5.81. The summed E-state index contributed by atoms with van der Waals surface area (Å²) < 4.78 is 0. The topological polar surface area (TPSA) is 35.5 Å². The molecule has 0 heterocycles. The normalized spacial score (nSPS) is 14.1. The highest BCUT2D eigenvalue weighted by Gasteiger charge is 2.22. The van der Waals surface area contributed by atoms with Gasteiger partial charge in [0.1, 0.15) is 0 Å². The van der Waals surface area contributed by atoms with Crippen molar-refractivity contribution in [2.75, 3.05) is 31.1 Å². The molecule has 0 saturated carbocycles. The van der Waals surface area contributed by atoms with Crippen molar-refractivity contribution in [1.29, 1.82) is 0 Å². The van der Waals surface area contributed by atoms with Gasteiger partial charge in [0.15, 0.2) is 0 Å². The molecule has 0 saturated heterocycles. The highest BCUT2D eigenvalue weighted by atomic mass is 16.3. The maximum Gasteiger partial charge on any atom is 0.0611 e. The summed E-state index contributed by atoms with van der Waals surface area (Å²) in [6.45, 7) is 11.6. The lowest BCUT2D eigenvalue weighted by atomic mass is 9.98. The van der Waals surface area contributed by atoms with Crippen molar-refractivity contribution in [1.82, 2.24) is 5.32 Å². The van der Waals surface area contributed by atoms with Crippen LogP contribution in [-0.4, -0.2) is 36.9 Å². The van der Waals surface area contributed by atoms with Gasteiger partial charge in [-0.25, -0.2) is 0 Å². The van der Waals surface area contributed by atoms with Crippen LogP contribution in [0.5, 0.6) is 0 Å². The van der Waals surface area contributed by atoms with E-state index in [1.54, 1.807) is 0 Å². The molecule has 20 heavy (non-hydrogen) atoms. The fourth-order valence-electron chi connectivity index (χ4n) is 2.33. The van der Waals surface area contributed by atoms with Gasteiger partial charge in [0.2, 0.25) is 0 Å². The van der Waals surface area contributed by atoms with Gasteiger partial charge < -0.3 is 15.3 Å². The molecule has 1 atom stereocenters. The number of hydrogen-bond acceptors (Lipinski definition) is 3. The fourth-order valence-corrected chi connectivity index (χ4v) is 2.33. The minimum atomic E-state index is -0.187. The van der Waals surface area contributed by atoms with E-state index < -0.39 is 0 Å². The van der Waals surface area contributed by atoms with Crippen LogP contribution in [-0.2, 0) is 0 Å². The fraction of sp³-hybridized carbons (Fsp3) is 0.647. The number of anilines is 1. The largest absolute Gasteiger partial charge is 0.394 e. The summed E-state index contributed by atoms with van der Waals surface area (Å²) in [5.74, 6) is 0. The van der Waals surface area contributed by atoms with E-state index in [4.69, 9.17) is 0 Å². The molecule has 0 aliphatic heterocycles. The number of aliphatic hydroxyl groups excluding tert-OH is 1. The molecule has 1 rings (SSSR count). The lowest BCUT2D eigenvalue weighted by Crippen LogP contribution is -2.48. The zero-order chi connectivity index (χ0) is 15.0. The number of nitrogens with zero attached hydrogens (tertiary/aromatic N) is 1. The van der Waals surface area contributed by atoms with Crippen molar-refractivity contribution < 1.29 is 5.11 Å². The zero-order valence-electron chi connectivity index (χ0n) is 13.4. The molecule has 0 aliphatic carbocycles. The first kappa shape index (κ1) is 17.0. The molecule has 1 aromatic carbocycles. The highest BCUT2D eigenvalue weighted by molar-refractivity contribution is 5.48. The van der Waals surface area contributed by atoms with Crippen LogP contribution < -0.4 is 10.2 Å². The summed E-state index contributed by atoms with van der Waals surface area (Å²) >= 11 is 0. The van der Waals surface area contributed by atoms with Gasteiger partial charge in [-0.15, -0.1) is 0 Å². The molecular weight excluding hydrogens is 248 g/mol. The van der Waals surface area contributed by atoms with Gasteiger partial charge in [0.05, 0.1) is 6.61 Å². The summed E-state index contributed by atoms with van der Waals surface area (Å²) in [6.07, 6.45) is 2.02. The monoisotopic (exact) mass is 278 g/mol. The van der Waals surface area contributed by atoms with Crippen molar-refractivity contribution in [2.45, 2.75) is 46.1 Å². The Morgan fingerprint density at radius 3 is 2.60 bits per heavy atom. The number of benzene rings is 1. The molecule has 0 spiro atoms. The summed E-state index contributed by atoms with van der Waals surface area (Å²) in [4.78, 5) is 2.37. The van der Waals surface area contributed by atoms with Gasteiger partial charge in [0.25, 0.3) is 0 Å². The van der Waals surface area contributed by atoms with Crippen molar-refractivity contribution in [2.24, 2.45) is 0 Å². The van der Waals surface area contributed by atoms with E-state index in [0.29, 0.717) is 0 Å². The van der Waals surface area contributed by atoms with Crippen molar-refractivity contribution in [3.05, 3.63) is 29.8 Å². The number of aliphatic hydroxyl groups is 1. The molecule has 114 valence electrons. The molecule has 0 aliphatic rings. The van der Waals surface area contributed by atoms with Crippen LogP contribution in [0.1, 0.15) is 39.2 Å². The molecule has 3 heteroatoms. The Hall–Kier alpha value is -1.06. The van der Waals surface area contributed by atoms with Gasteiger partial charge in [-0.1, -0.05) is 19.1 Å². The van der Waals surface area contributed by atoms with E-state index in [0.717, 1.165) is 32.5 Å². The quantitative estimate of drug-likeness (QED) is 0.729. The highest BCUT2D eigenvalue weighted by Crippen LogP contribution is 2.18. The molecule has 0 fully saturated rings. The first-order chi connectivity index (χ1) is 9.54. The summed E-state index contributed by atoms with van der Waals surface area (Å²) in [7, 11) is 0. The molecule has 0 aromatic heterocycles. The Labute approximate surface area is 124 Å². The summed E-state index contributed by atoms with van der Waals surface area (Å²) in [6, 6.07) is 8.61. The van der Waals surface area contributed by atoms with E-state index in [1.807, 2.05) is 0 Å². The van der Waals surface area contributed by atoms with Crippen molar-refractivity contribution >= 4 is 5.69 Å². The van der Waals surface area contributed by atoms with Crippen LogP contribution in [0.3, 0.4) is 0 Å². The molecule has 1 aromatic rings. The van der Waals surface area contributed by atoms with Crippen LogP contribution in [0.25, 0.3) is 0 Å². The molecule has 0 bridgehead atoms. The predicted octanol–water partition coefficient (Wildman–Crippen LogP) is 2.96.